The molecule has 0 aliphatic heterocycles. The van der Waals surface area contributed by atoms with E-state index in [9.17, 15) is 4.79 Å². The summed E-state index contributed by atoms with van der Waals surface area (Å²) >= 11 is 1.47. The Morgan fingerprint density at radius 1 is 1.12 bits per heavy atom. The van der Waals surface area contributed by atoms with E-state index in [-0.39, 0.29) is 5.91 Å². The standard InChI is InChI=1S/C18H17N3O2S/c1-11-6-7-14(9-12(11)2)24-18-15(5-4-8-19-18)17(22)20-16-10-13(3)23-21-16/h4-10H,1-3H3,(H,20,21,22). The second-order valence-corrected chi connectivity index (χ2v) is 6.54. The molecule has 0 atom stereocenters. The van der Waals surface area contributed by atoms with Gasteiger partial charge in [0.05, 0.1) is 5.56 Å². The van der Waals surface area contributed by atoms with Crippen LogP contribution in [0.5, 0.6) is 0 Å². The fourth-order valence-electron chi connectivity index (χ4n) is 2.14. The van der Waals surface area contributed by atoms with Gasteiger partial charge in [-0.2, -0.15) is 0 Å². The largest absolute Gasteiger partial charge is 0.360 e. The van der Waals surface area contributed by atoms with Crippen molar-refractivity contribution < 1.29 is 9.32 Å². The van der Waals surface area contributed by atoms with E-state index < -0.39 is 0 Å². The van der Waals surface area contributed by atoms with E-state index in [2.05, 4.69) is 41.4 Å². The predicted octanol–water partition coefficient (Wildman–Crippen LogP) is 4.40. The highest BCUT2D eigenvalue weighted by Gasteiger charge is 2.15. The maximum Gasteiger partial charge on any atom is 0.259 e. The summed E-state index contributed by atoms with van der Waals surface area (Å²) < 4.78 is 4.97. The highest BCUT2D eigenvalue weighted by Crippen LogP contribution is 2.30. The van der Waals surface area contributed by atoms with Gasteiger partial charge in [-0.25, -0.2) is 4.98 Å². The summed E-state index contributed by atoms with van der Waals surface area (Å²) in [5.74, 6) is 0.771. The Kier molecular flexibility index (Phi) is 4.66. The number of nitrogens with zero attached hydrogens (tertiary/aromatic N) is 2. The summed E-state index contributed by atoms with van der Waals surface area (Å²) in [5.41, 5.74) is 2.95. The molecule has 0 radical (unpaired) electrons. The van der Waals surface area contributed by atoms with Crippen LogP contribution >= 0.6 is 11.8 Å². The highest BCUT2D eigenvalue weighted by molar-refractivity contribution is 7.99. The summed E-state index contributed by atoms with van der Waals surface area (Å²) in [4.78, 5) is 17.9. The monoisotopic (exact) mass is 339 g/mol. The van der Waals surface area contributed by atoms with Crippen LogP contribution in [0.25, 0.3) is 0 Å². The Morgan fingerprint density at radius 2 is 1.96 bits per heavy atom. The smallest absolute Gasteiger partial charge is 0.259 e. The van der Waals surface area contributed by atoms with Crippen LogP contribution in [0.3, 0.4) is 0 Å². The Balaban J connectivity index is 1.84. The van der Waals surface area contributed by atoms with Gasteiger partial charge in [0.15, 0.2) is 5.82 Å². The van der Waals surface area contributed by atoms with E-state index >= 15 is 0 Å². The van der Waals surface area contributed by atoms with Crippen molar-refractivity contribution in [1.29, 1.82) is 0 Å². The van der Waals surface area contributed by atoms with Crippen LogP contribution in [0.2, 0.25) is 0 Å². The summed E-state index contributed by atoms with van der Waals surface area (Å²) in [6.45, 7) is 5.91. The van der Waals surface area contributed by atoms with Crippen molar-refractivity contribution in [1.82, 2.24) is 10.1 Å². The fraction of sp³-hybridized carbons (Fsp3) is 0.167. The Hall–Kier alpha value is -2.60. The molecule has 0 saturated carbocycles. The molecule has 2 aromatic heterocycles. The number of amides is 1. The molecule has 0 unspecified atom stereocenters. The number of anilines is 1. The van der Waals surface area contributed by atoms with Gasteiger partial charge in [0, 0.05) is 17.2 Å². The molecule has 2 heterocycles. The average Bonchev–Trinajstić information content (AvgIpc) is 2.96. The van der Waals surface area contributed by atoms with Crippen LogP contribution in [0, 0.1) is 20.8 Å². The van der Waals surface area contributed by atoms with E-state index in [1.54, 1.807) is 31.3 Å². The minimum absolute atomic E-state index is 0.261. The van der Waals surface area contributed by atoms with Gasteiger partial charge in [-0.15, -0.1) is 0 Å². The van der Waals surface area contributed by atoms with Gasteiger partial charge in [-0.3, -0.25) is 4.79 Å². The number of aromatic nitrogens is 2. The summed E-state index contributed by atoms with van der Waals surface area (Å²) in [7, 11) is 0. The number of carbonyl (C=O) groups is 1. The van der Waals surface area contributed by atoms with Gasteiger partial charge in [-0.1, -0.05) is 23.0 Å². The Morgan fingerprint density at radius 3 is 2.67 bits per heavy atom. The third-order valence-corrected chi connectivity index (χ3v) is 4.59. The molecule has 6 heteroatoms. The molecule has 0 aliphatic rings. The van der Waals surface area contributed by atoms with Gasteiger partial charge in [-0.05, 0) is 56.2 Å². The SMILES string of the molecule is Cc1cc(NC(=O)c2cccnc2Sc2ccc(C)c(C)c2)no1. The Bertz CT molecular complexity index is 889. The maximum absolute atomic E-state index is 12.5. The molecule has 5 nitrogen and oxygen atoms in total. The number of rotatable bonds is 4. The molecule has 1 aromatic carbocycles. The molecule has 122 valence electrons. The molecule has 0 bridgehead atoms. The zero-order valence-corrected chi connectivity index (χ0v) is 14.5. The topological polar surface area (TPSA) is 68.0 Å². The molecule has 0 saturated heterocycles. The molecule has 24 heavy (non-hydrogen) atoms. The average molecular weight is 339 g/mol. The molecule has 3 aromatic rings. The van der Waals surface area contributed by atoms with Gasteiger partial charge in [0.1, 0.15) is 10.8 Å². The molecule has 0 aliphatic carbocycles. The molecular formula is C18H17N3O2S. The van der Waals surface area contributed by atoms with Crippen molar-refractivity contribution >= 4 is 23.5 Å². The second-order valence-electron chi connectivity index (χ2n) is 5.48. The maximum atomic E-state index is 12.5. The van der Waals surface area contributed by atoms with Crippen LogP contribution in [0.1, 0.15) is 27.2 Å². The lowest BCUT2D eigenvalue weighted by atomic mass is 10.1. The first-order chi connectivity index (χ1) is 11.5. The minimum Gasteiger partial charge on any atom is -0.360 e. The van der Waals surface area contributed by atoms with Crippen molar-refractivity contribution in [2.24, 2.45) is 0 Å². The number of benzene rings is 1. The lowest BCUT2D eigenvalue weighted by Gasteiger charge is -2.08. The van der Waals surface area contributed by atoms with E-state index in [4.69, 9.17) is 4.52 Å². The van der Waals surface area contributed by atoms with Crippen molar-refractivity contribution in [3.05, 3.63) is 65.0 Å². The van der Waals surface area contributed by atoms with E-state index in [0.29, 0.717) is 22.2 Å². The number of pyridine rings is 1. The summed E-state index contributed by atoms with van der Waals surface area (Å²) in [5, 5.41) is 7.16. The number of aryl methyl sites for hydroxylation is 3. The molecule has 0 fully saturated rings. The number of carbonyl (C=O) groups excluding carboxylic acids is 1. The molecule has 0 spiro atoms. The van der Waals surface area contributed by atoms with Gasteiger partial charge >= 0.3 is 0 Å². The zero-order chi connectivity index (χ0) is 17.1. The second kappa shape index (κ2) is 6.88. The number of hydrogen-bond acceptors (Lipinski definition) is 5. The third kappa shape index (κ3) is 3.65. The third-order valence-electron chi connectivity index (χ3n) is 3.58. The van der Waals surface area contributed by atoms with E-state index in [1.807, 2.05) is 6.07 Å². The van der Waals surface area contributed by atoms with Crippen molar-refractivity contribution in [2.75, 3.05) is 5.32 Å². The molecule has 1 N–H and O–H groups in total. The lowest BCUT2D eigenvalue weighted by molar-refractivity contribution is 0.102. The predicted molar refractivity (Wildman–Crippen MR) is 93.5 cm³/mol. The van der Waals surface area contributed by atoms with E-state index in [1.165, 1.54) is 22.9 Å². The first kappa shape index (κ1) is 16.3. The molecule has 3 rings (SSSR count). The van der Waals surface area contributed by atoms with Gasteiger partial charge in [0.2, 0.25) is 0 Å². The van der Waals surface area contributed by atoms with Crippen LogP contribution in [-0.4, -0.2) is 16.0 Å². The van der Waals surface area contributed by atoms with Crippen LogP contribution in [-0.2, 0) is 0 Å². The highest BCUT2D eigenvalue weighted by atomic mass is 32.2. The zero-order valence-electron chi connectivity index (χ0n) is 13.7. The quantitative estimate of drug-likeness (QED) is 0.763. The van der Waals surface area contributed by atoms with Crippen molar-refractivity contribution in [2.45, 2.75) is 30.7 Å². The van der Waals surface area contributed by atoms with E-state index in [0.717, 1.165) is 4.90 Å². The number of hydrogen-bond donors (Lipinski definition) is 1. The van der Waals surface area contributed by atoms with Crippen molar-refractivity contribution in [3.63, 3.8) is 0 Å². The fourth-order valence-corrected chi connectivity index (χ4v) is 3.12. The van der Waals surface area contributed by atoms with Crippen molar-refractivity contribution in [3.8, 4) is 0 Å². The Labute approximate surface area is 144 Å². The summed E-state index contributed by atoms with van der Waals surface area (Å²) in [6, 6.07) is 11.4. The van der Waals surface area contributed by atoms with Gasteiger partial charge < -0.3 is 9.84 Å². The van der Waals surface area contributed by atoms with Crippen LogP contribution < -0.4 is 5.32 Å². The number of nitrogens with one attached hydrogen (secondary N) is 1. The lowest BCUT2D eigenvalue weighted by Crippen LogP contribution is -2.13. The minimum atomic E-state index is -0.261. The van der Waals surface area contributed by atoms with Crippen LogP contribution in [0.4, 0.5) is 5.82 Å². The van der Waals surface area contributed by atoms with Gasteiger partial charge in [0.25, 0.3) is 5.91 Å². The molecular weight excluding hydrogens is 322 g/mol. The summed E-state index contributed by atoms with van der Waals surface area (Å²) in [6.07, 6.45) is 1.68. The molecule has 1 amide bonds. The normalized spacial score (nSPS) is 10.6. The first-order valence-electron chi connectivity index (χ1n) is 7.48. The van der Waals surface area contributed by atoms with Crippen LogP contribution in [0.15, 0.2) is 57.0 Å². The first-order valence-corrected chi connectivity index (χ1v) is 8.29.